The summed E-state index contributed by atoms with van der Waals surface area (Å²) in [6.07, 6.45) is 1.67. The number of para-hydroxylation sites is 2. The molecule has 1 aliphatic rings. The van der Waals surface area contributed by atoms with E-state index in [2.05, 4.69) is 31.1 Å². The van der Waals surface area contributed by atoms with E-state index in [1.165, 1.54) is 0 Å². The van der Waals surface area contributed by atoms with Crippen molar-refractivity contribution in [3.63, 3.8) is 0 Å². The van der Waals surface area contributed by atoms with Crippen LogP contribution in [0.25, 0.3) is 0 Å². The second kappa shape index (κ2) is 8.01. The number of anilines is 2. The highest BCUT2D eigenvalue weighted by atomic mass is 16.2. The summed E-state index contributed by atoms with van der Waals surface area (Å²) < 4.78 is 0. The number of carbonyl (C=O) groups excluding carboxylic acids is 2. The Bertz CT molecular complexity index is 870. The molecule has 0 heterocycles. The van der Waals surface area contributed by atoms with Gasteiger partial charge in [-0.1, -0.05) is 62.4 Å². The van der Waals surface area contributed by atoms with Gasteiger partial charge in [0.1, 0.15) is 0 Å². The van der Waals surface area contributed by atoms with Gasteiger partial charge in [0.15, 0.2) is 0 Å². The van der Waals surface area contributed by atoms with Gasteiger partial charge >= 0.3 is 0 Å². The van der Waals surface area contributed by atoms with E-state index in [1.807, 2.05) is 50.2 Å². The maximum atomic E-state index is 12.8. The van der Waals surface area contributed by atoms with E-state index in [1.54, 1.807) is 0 Å². The van der Waals surface area contributed by atoms with Gasteiger partial charge in [-0.3, -0.25) is 9.59 Å². The number of nitrogens with one attached hydrogen (secondary N) is 2. The second-order valence-electron chi connectivity index (χ2n) is 7.43. The molecule has 4 heteroatoms. The fourth-order valence-electron chi connectivity index (χ4n) is 3.76. The molecule has 1 fully saturated rings. The lowest BCUT2D eigenvalue weighted by atomic mass is 10.1. The Morgan fingerprint density at radius 1 is 0.821 bits per heavy atom. The van der Waals surface area contributed by atoms with E-state index in [-0.39, 0.29) is 11.8 Å². The van der Waals surface area contributed by atoms with Crippen LogP contribution in [0.2, 0.25) is 0 Å². The second-order valence-corrected chi connectivity index (χ2v) is 7.43. The summed E-state index contributed by atoms with van der Waals surface area (Å²) in [7, 11) is 0. The Balaban J connectivity index is 1.73. The van der Waals surface area contributed by atoms with Gasteiger partial charge in [-0.05, 0) is 48.9 Å². The highest BCUT2D eigenvalue weighted by molar-refractivity contribution is 6.08. The Kier molecular flexibility index (Phi) is 5.68. The number of amides is 2. The minimum Gasteiger partial charge on any atom is -0.325 e. The van der Waals surface area contributed by atoms with E-state index < -0.39 is 11.8 Å². The molecular weight excluding hydrogens is 348 g/mol. The highest BCUT2D eigenvalue weighted by Gasteiger charge is 2.52. The zero-order valence-corrected chi connectivity index (χ0v) is 17.1. The van der Waals surface area contributed by atoms with Gasteiger partial charge in [-0.25, -0.2) is 0 Å². The fourth-order valence-corrected chi connectivity index (χ4v) is 3.76. The molecule has 1 aliphatic carbocycles. The predicted molar refractivity (Wildman–Crippen MR) is 114 cm³/mol. The van der Waals surface area contributed by atoms with E-state index in [4.69, 9.17) is 0 Å². The van der Waals surface area contributed by atoms with Crippen molar-refractivity contribution in [2.75, 3.05) is 10.6 Å². The largest absolute Gasteiger partial charge is 0.325 e. The van der Waals surface area contributed by atoms with Gasteiger partial charge in [0.2, 0.25) is 11.8 Å². The van der Waals surface area contributed by atoms with Crippen LogP contribution in [-0.4, -0.2) is 11.8 Å². The molecule has 0 bridgehead atoms. The molecule has 0 unspecified atom stereocenters. The molecule has 4 nitrogen and oxygen atoms in total. The highest BCUT2D eigenvalue weighted by Crippen LogP contribution is 2.46. The summed E-state index contributed by atoms with van der Waals surface area (Å²) in [6.45, 7) is 12.0. The maximum Gasteiger partial charge on any atom is 0.232 e. The number of hydrogen-bond acceptors (Lipinski definition) is 2. The van der Waals surface area contributed by atoms with Crippen molar-refractivity contribution in [1.82, 2.24) is 0 Å². The average molecular weight is 377 g/mol. The molecule has 1 saturated carbocycles. The first-order valence-electron chi connectivity index (χ1n) is 9.86. The molecule has 2 N–H and O–H groups in total. The molecule has 2 amide bonds. The molecule has 0 aromatic heterocycles. The number of benzene rings is 2. The van der Waals surface area contributed by atoms with Crippen molar-refractivity contribution in [2.45, 2.75) is 40.5 Å². The van der Waals surface area contributed by atoms with Crippen molar-refractivity contribution >= 4 is 23.2 Å². The molecule has 0 radical (unpaired) electrons. The van der Waals surface area contributed by atoms with Crippen LogP contribution in [0.1, 0.15) is 36.1 Å². The van der Waals surface area contributed by atoms with Crippen LogP contribution in [0.4, 0.5) is 11.4 Å². The minimum absolute atomic E-state index is 0.158. The number of hydrogen-bond donors (Lipinski definition) is 2. The zero-order chi connectivity index (χ0) is 20.4. The van der Waals surface area contributed by atoms with Crippen LogP contribution in [0.3, 0.4) is 0 Å². The monoisotopic (exact) mass is 376 g/mol. The number of aryl methyl sites for hydroxylation is 4. The van der Waals surface area contributed by atoms with Crippen molar-refractivity contribution in [3.8, 4) is 0 Å². The molecule has 2 aromatic carbocycles. The van der Waals surface area contributed by atoms with Gasteiger partial charge < -0.3 is 10.6 Å². The molecule has 2 atom stereocenters. The third-order valence-corrected chi connectivity index (χ3v) is 5.56. The Hall–Kier alpha value is -2.88. The number of carbonyl (C=O) groups is 2. The van der Waals surface area contributed by atoms with Crippen LogP contribution in [-0.2, 0) is 22.4 Å². The van der Waals surface area contributed by atoms with Gasteiger partial charge in [0, 0.05) is 11.4 Å². The molecule has 0 spiro atoms. The van der Waals surface area contributed by atoms with Crippen LogP contribution in [0.5, 0.6) is 0 Å². The third kappa shape index (κ3) is 3.72. The van der Waals surface area contributed by atoms with E-state index in [0.29, 0.717) is 5.57 Å². The summed E-state index contributed by atoms with van der Waals surface area (Å²) in [6, 6.07) is 12.0. The molecule has 0 aliphatic heterocycles. The summed E-state index contributed by atoms with van der Waals surface area (Å²) in [5.41, 5.74) is 6.59. The van der Waals surface area contributed by atoms with Crippen LogP contribution < -0.4 is 10.6 Å². The zero-order valence-electron chi connectivity index (χ0n) is 17.1. The molecule has 3 rings (SSSR count). The quantitative estimate of drug-likeness (QED) is 0.711. The van der Waals surface area contributed by atoms with Gasteiger partial charge in [0.05, 0.1) is 11.8 Å². The molecular formula is C24H28N2O2. The van der Waals surface area contributed by atoms with E-state index in [0.717, 1.165) is 46.5 Å². The van der Waals surface area contributed by atoms with Crippen LogP contribution in [0, 0.1) is 25.7 Å². The standard InChI is InChI=1S/C24H28N2O2/c1-6-17-12-8-10-14(3)21(17)25-23(27)19-16(5)20(19)24(28)26-22-15(4)11-9-13-18(22)7-2/h8-13,19-20H,5-7H2,1-4H3,(H,25,27)(H,26,28)/t19-,20+. The van der Waals surface area contributed by atoms with Crippen LogP contribution in [0.15, 0.2) is 48.6 Å². The Labute approximate surface area is 167 Å². The van der Waals surface area contributed by atoms with Crippen molar-refractivity contribution < 1.29 is 9.59 Å². The lowest BCUT2D eigenvalue weighted by molar-refractivity contribution is -0.122. The predicted octanol–water partition coefficient (Wildman–Crippen LogP) is 4.81. The summed E-state index contributed by atoms with van der Waals surface area (Å²) >= 11 is 0. The van der Waals surface area contributed by atoms with E-state index >= 15 is 0 Å². The topological polar surface area (TPSA) is 58.2 Å². The average Bonchev–Trinajstić information content (AvgIpc) is 3.36. The van der Waals surface area contributed by atoms with Crippen LogP contribution >= 0.6 is 0 Å². The normalized spacial score (nSPS) is 17.9. The summed E-state index contributed by atoms with van der Waals surface area (Å²) in [5.74, 6) is -1.26. The SMILES string of the molecule is C=C1[C@H](C(=O)Nc2c(C)cccc2CC)[C@@H]1C(=O)Nc1c(C)cccc1CC. The fraction of sp³-hybridized carbons (Fsp3) is 0.333. The third-order valence-electron chi connectivity index (χ3n) is 5.56. The Morgan fingerprint density at radius 3 is 1.57 bits per heavy atom. The van der Waals surface area contributed by atoms with E-state index in [9.17, 15) is 9.59 Å². The molecule has 28 heavy (non-hydrogen) atoms. The number of rotatable bonds is 6. The minimum atomic E-state index is -0.474. The van der Waals surface area contributed by atoms with Crippen molar-refractivity contribution in [1.29, 1.82) is 0 Å². The first kappa shape index (κ1) is 19.9. The summed E-state index contributed by atoms with van der Waals surface area (Å²) in [4.78, 5) is 25.6. The van der Waals surface area contributed by atoms with Gasteiger partial charge in [0.25, 0.3) is 0 Å². The first-order valence-corrected chi connectivity index (χ1v) is 9.86. The van der Waals surface area contributed by atoms with Gasteiger partial charge in [-0.15, -0.1) is 0 Å². The lowest BCUT2D eigenvalue weighted by Gasteiger charge is -2.14. The first-order chi connectivity index (χ1) is 13.4. The smallest absolute Gasteiger partial charge is 0.232 e. The van der Waals surface area contributed by atoms with Gasteiger partial charge in [-0.2, -0.15) is 0 Å². The molecule has 0 saturated heterocycles. The maximum absolute atomic E-state index is 12.8. The van der Waals surface area contributed by atoms with Crippen molar-refractivity contribution in [2.24, 2.45) is 11.8 Å². The molecule has 146 valence electrons. The Morgan fingerprint density at radius 2 is 1.21 bits per heavy atom. The molecule has 2 aromatic rings. The van der Waals surface area contributed by atoms with Crippen molar-refractivity contribution in [3.05, 3.63) is 70.8 Å². The summed E-state index contributed by atoms with van der Waals surface area (Å²) in [5, 5.41) is 6.05. The lowest BCUT2D eigenvalue weighted by Crippen LogP contribution is -2.22.